The van der Waals surface area contributed by atoms with Gasteiger partial charge in [-0.25, -0.2) is 4.98 Å². The molecular formula is C18H21N5O2S. The van der Waals surface area contributed by atoms with E-state index in [0.29, 0.717) is 19.6 Å². The zero-order valence-corrected chi connectivity index (χ0v) is 15.6. The van der Waals surface area contributed by atoms with Gasteiger partial charge in [0.15, 0.2) is 0 Å². The molecule has 7 nitrogen and oxygen atoms in total. The Morgan fingerprint density at radius 1 is 1.46 bits per heavy atom. The average molecular weight is 371 g/mol. The quantitative estimate of drug-likeness (QED) is 0.745. The lowest BCUT2D eigenvalue weighted by atomic mass is 10.1. The smallest absolute Gasteiger partial charge is 0.244 e. The molecule has 4 rings (SSSR count). The van der Waals surface area contributed by atoms with Crippen LogP contribution in [0.2, 0.25) is 0 Å². The summed E-state index contributed by atoms with van der Waals surface area (Å²) >= 11 is 1.64. The largest absolute Gasteiger partial charge is 0.361 e. The van der Waals surface area contributed by atoms with E-state index >= 15 is 0 Å². The van der Waals surface area contributed by atoms with Gasteiger partial charge in [0.2, 0.25) is 5.91 Å². The van der Waals surface area contributed by atoms with Crippen LogP contribution in [0.25, 0.3) is 0 Å². The lowest BCUT2D eigenvalue weighted by Crippen LogP contribution is -2.44. The van der Waals surface area contributed by atoms with Crippen LogP contribution in [-0.2, 0) is 24.4 Å². The van der Waals surface area contributed by atoms with Gasteiger partial charge in [-0.2, -0.15) is 0 Å². The summed E-state index contributed by atoms with van der Waals surface area (Å²) in [5.41, 5.74) is 3.04. The van der Waals surface area contributed by atoms with Crippen molar-refractivity contribution in [2.24, 2.45) is 0 Å². The Labute approximate surface area is 155 Å². The number of thiophene rings is 1. The zero-order chi connectivity index (χ0) is 18.1. The third-order valence-corrected chi connectivity index (χ3v) is 5.66. The minimum atomic E-state index is -0.290. The van der Waals surface area contributed by atoms with Gasteiger partial charge in [0.05, 0.1) is 24.3 Å². The van der Waals surface area contributed by atoms with Gasteiger partial charge in [-0.1, -0.05) is 11.2 Å². The first kappa shape index (κ1) is 17.0. The molecule has 1 amide bonds. The summed E-state index contributed by atoms with van der Waals surface area (Å²) in [5.74, 6) is 0.849. The van der Waals surface area contributed by atoms with E-state index in [1.165, 1.54) is 0 Å². The number of carbonyl (C=O) groups excluding carboxylic acids is 1. The van der Waals surface area contributed by atoms with E-state index in [1.807, 2.05) is 42.1 Å². The van der Waals surface area contributed by atoms with Crippen LogP contribution in [0.15, 0.2) is 34.6 Å². The molecule has 0 fully saturated rings. The van der Waals surface area contributed by atoms with E-state index in [2.05, 4.69) is 20.4 Å². The SMILES string of the molecule is Cc1noc(C)c1CN1Cc2cncn2[C@H](C(=O)NCc2cccs2)C1. The molecule has 1 atom stereocenters. The first-order valence-electron chi connectivity index (χ1n) is 8.56. The van der Waals surface area contributed by atoms with Crippen molar-refractivity contribution in [2.45, 2.75) is 39.5 Å². The molecule has 0 radical (unpaired) electrons. The van der Waals surface area contributed by atoms with Crippen LogP contribution in [0.5, 0.6) is 0 Å². The first-order valence-corrected chi connectivity index (χ1v) is 9.44. The predicted molar refractivity (Wildman–Crippen MR) is 97.5 cm³/mol. The Balaban J connectivity index is 1.50. The molecule has 136 valence electrons. The monoisotopic (exact) mass is 371 g/mol. The maximum atomic E-state index is 12.8. The molecule has 0 bridgehead atoms. The van der Waals surface area contributed by atoms with Crippen LogP contribution < -0.4 is 5.32 Å². The third-order valence-electron chi connectivity index (χ3n) is 4.78. The number of hydrogen-bond donors (Lipinski definition) is 1. The number of hydrogen-bond acceptors (Lipinski definition) is 6. The van der Waals surface area contributed by atoms with Gasteiger partial charge in [0.25, 0.3) is 0 Å². The number of aromatic nitrogens is 3. The normalized spacial score (nSPS) is 17.2. The zero-order valence-electron chi connectivity index (χ0n) is 14.8. The van der Waals surface area contributed by atoms with Crippen molar-refractivity contribution in [1.82, 2.24) is 24.9 Å². The number of amides is 1. The van der Waals surface area contributed by atoms with Crippen molar-refractivity contribution in [3.8, 4) is 0 Å². The molecule has 1 aliphatic rings. The van der Waals surface area contributed by atoms with Crippen molar-refractivity contribution >= 4 is 17.2 Å². The molecule has 1 aliphatic heterocycles. The summed E-state index contributed by atoms with van der Waals surface area (Å²) in [4.78, 5) is 20.5. The first-order chi connectivity index (χ1) is 12.6. The summed E-state index contributed by atoms with van der Waals surface area (Å²) in [6, 6.07) is 3.73. The fourth-order valence-corrected chi connectivity index (χ4v) is 3.99. The molecule has 1 N–H and O–H groups in total. The molecule has 0 aromatic carbocycles. The van der Waals surface area contributed by atoms with Crippen molar-refractivity contribution in [2.75, 3.05) is 6.54 Å². The molecule has 0 aliphatic carbocycles. The van der Waals surface area contributed by atoms with E-state index < -0.39 is 0 Å². The van der Waals surface area contributed by atoms with Gasteiger partial charge >= 0.3 is 0 Å². The van der Waals surface area contributed by atoms with E-state index in [-0.39, 0.29) is 11.9 Å². The lowest BCUT2D eigenvalue weighted by Gasteiger charge is -2.33. The topological polar surface area (TPSA) is 76.2 Å². The van der Waals surface area contributed by atoms with E-state index in [1.54, 1.807) is 17.7 Å². The van der Waals surface area contributed by atoms with Crippen LogP contribution in [0, 0.1) is 13.8 Å². The Bertz CT molecular complexity index is 879. The fraction of sp³-hybridized carbons (Fsp3) is 0.389. The van der Waals surface area contributed by atoms with E-state index in [4.69, 9.17) is 4.52 Å². The molecular weight excluding hydrogens is 350 g/mol. The second-order valence-electron chi connectivity index (χ2n) is 6.58. The van der Waals surface area contributed by atoms with Crippen LogP contribution in [0.3, 0.4) is 0 Å². The Hall–Kier alpha value is -2.45. The van der Waals surface area contributed by atoms with Gasteiger partial charge < -0.3 is 14.4 Å². The second-order valence-corrected chi connectivity index (χ2v) is 7.61. The van der Waals surface area contributed by atoms with Crippen molar-refractivity contribution in [1.29, 1.82) is 0 Å². The number of fused-ring (bicyclic) bond motifs is 1. The highest BCUT2D eigenvalue weighted by Gasteiger charge is 2.31. The standard InChI is InChI=1S/C18H21N5O2S/c1-12-16(13(2)25-21-12)9-22-8-14-6-19-11-23(14)17(10-22)18(24)20-7-15-4-3-5-26-15/h3-6,11,17H,7-10H2,1-2H3,(H,20,24)/t17-/m0/s1. The molecule has 3 aromatic heterocycles. The van der Waals surface area contributed by atoms with Crippen LogP contribution in [0.4, 0.5) is 0 Å². The van der Waals surface area contributed by atoms with Crippen molar-refractivity contribution < 1.29 is 9.32 Å². The van der Waals surface area contributed by atoms with Crippen LogP contribution in [-0.4, -0.2) is 32.1 Å². The minimum Gasteiger partial charge on any atom is -0.361 e. The fourth-order valence-electron chi connectivity index (χ4n) is 3.35. The number of aryl methyl sites for hydroxylation is 2. The van der Waals surface area contributed by atoms with Gasteiger partial charge in [-0.15, -0.1) is 11.3 Å². The van der Waals surface area contributed by atoms with Crippen molar-refractivity contribution in [3.05, 3.63) is 57.6 Å². The molecule has 4 heterocycles. The summed E-state index contributed by atoms with van der Waals surface area (Å²) in [6.45, 7) is 6.52. The Morgan fingerprint density at radius 3 is 3.08 bits per heavy atom. The molecule has 3 aromatic rings. The number of nitrogens with zero attached hydrogens (tertiary/aromatic N) is 4. The molecule has 0 saturated heterocycles. The maximum Gasteiger partial charge on any atom is 0.244 e. The van der Waals surface area contributed by atoms with Crippen molar-refractivity contribution in [3.63, 3.8) is 0 Å². The summed E-state index contributed by atoms with van der Waals surface area (Å²) in [5, 5.41) is 9.10. The molecule has 26 heavy (non-hydrogen) atoms. The summed E-state index contributed by atoms with van der Waals surface area (Å²) < 4.78 is 7.25. The highest BCUT2D eigenvalue weighted by atomic mass is 32.1. The maximum absolute atomic E-state index is 12.8. The predicted octanol–water partition coefficient (Wildman–Crippen LogP) is 2.42. The minimum absolute atomic E-state index is 0.0149. The highest BCUT2D eigenvalue weighted by molar-refractivity contribution is 7.09. The van der Waals surface area contributed by atoms with E-state index in [9.17, 15) is 4.79 Å². The molecule has 0 spiro atoms. The number of nitrogens with one attached hydrogen (secondary N) is 1. The van der Waals surface area contributed by atoms with Gasteiger partial charge in [0, 0.05) is 36.3 Å². The number of imidazole rings is 1. The van der Waals surface area contributed by atoms with Crippen LogP contribution >= 0.6 is 11.3 Å². The van der Waals surface area contributed by atoms with E-state index in [0.717, 1.165) is 34.1 Å². The van der Waals surface area contributed by atoms with Gasteiger partial charge in [0.1, 0.15) is 11.8 Å². The summed E-state index contributed by atoms with van der Waals surface area (Å²) in [6.07, 6.45) is 3.58. The third kappa shape index (κ3) is 3.30. The summed E-state index contributed by atoms with van der Waals surface area (Å²) in [7, 11) is 0. The van der Waals surface area contributed by atoms with Gasteiger partial charge in [-0.3, -0.25) is 9.69 Å². The number of carbonyl (C=O) groups is 1. The molecule has 0 unspecified atom stereocenters. The molecule has 8 heteroatoms. The second kappa shape index (κ2) is 7.05. The Morgan fingerprint density at radius 2 is 2.35 bits per heavy atom. The van der Waals surface area contributed by atoms with Gasteiger partial charge in [-0.05, 0) is 25.3 Å². The lowest BCUT2D eigenvalue weighted by molar-refractivity contribution is -0.125. The number of rotatable bonds is 5. The average Bonchev–Trinajstić information content (AvgIpc) is 3.37. The van der Waals surface area contributed by atoms with Crippen LogP contribution in [0.1, 0.15) is 33.6 Å². The molecule has 0 saturated carbocycles. The Kier molecular flexibility index (Phi) is 4.60. The highest BCUT2D eigenvalue weighted by Crippen LogP contribution is 2.24.